The molecule has 3 heterocycles. The lowest BCUT2D eigenvalue weighted by molar-refractivity contribution is -0.120. The first-order chi connectivity index (χ1) is 13.4. The summed E-state index contributed by atoms with van der Waals surface area (Å²) in [6, 6.07) is 3.39. The maximum absolute atomic E-state index is 10.0. The van der Waals surface area contributed by atoms with Crippen molar-refractivity contribution < 1.29 is 24.1 Å². The minimum atomic E-state index is -0.785. The number of hydrogen-bond donors (Lipinski definition) is 1. The summed E-state index contributed by atoms with van der Waals surface area (Å²) < 4.78 is 22.0. The Hall–Kier alpha value is -2.36. The molecule has 0 saturated carbocycles. The molecule has 1 saturated heterocycles. The molecule has 0 spiro atoms. The van der Waals surface area contributed by atoms with Crippen LogP contribution in [0.25, 0.3) is 0 Å². The van der Waals surface area contributed by atoms with Gasteiger partial charge >= 0.3 is 0 Å². The number of aliphatic hydroxyl groups is 1. The van der Waals surface area contributed by atoms with Crippen LogP contribution in [0.1, 0.15) is 24.3 Å². The fourth-order valence-corrected chi connectivity index (χ4v) is 2.57. The van der Waals surface area contributed by atoms with Gasteiger partial charge in [-0.2, -0.15) is 9.97 Å². The van der Waals surface area contributed by atoms with Gasteiger partial charge in [-0.05, 0) is 13.8 Å². The zero-order valence-electron chi connectivity index (χ0n) is 16.4. The molecule has 9 nitrogen and oxygen atoms in total. The molecule has 1 atom stereocenters. The standard InChI is InChI=1S/C19H26N4O5/c1-13-20-5-4-17(22-13)27-9-16(24)8-25-7-15-6-18(23-14(2)21-15)28-12-19(3)10-26-11-19/h4-6,16,24H,7-12H2,1-3H3. The summed E-state index contributed by atoms with van der Waals surface area (Å²) in [7, 11) is 0. The quantitative estimate of drug-likeness (QED) is 0.641. The Balaban J connectivity index is 1.42. The molecule has 1 unspecified atom stereocenters. The van der Waals surface area contributed by atoms with E-state index in [2.05, 4.69) is 26.9 Å². The van der Waals surface area contributed by atoms with Crippen molar-refractivity contribution in [3.8, 4) is 11.8 Å². The topological polar surface area (TPSA) is 109 Å². The van der Waals surface area contributed by atoms with Crippen molar-refractivity contribution in [3.63, 3.8) is 0 Å². The number of hydrogen-bond acceptors (Lipinski definition) is 9. The third kappa shape index (κ3) is 6.08. The Morgan fingerprint density at radius 3 is 2.61 bits per heavy atom. The van der Waals surface area contributed by atoms with Crippen LogP contribution >= 0.6 is 0 Å². The lowest BCUT2D eigenvalue weighted by Gasteiger charge is -2.37. The molecule has 152 valence electrons. The number of aryl methyl sites for hydroxylation is 2. The zero-order chi connectivity index (χ0) is 20.0. The predicted octanol–water partition coefficient (Wildman–Crippen LogP) is 1.26. The molecule has 0 aliphatic carbocycles. The van der Waals surface area contributed by atoms with E-state index in [1.807, 2.05) is 0 Å². The molecule has 0 aromatic carbocycles. The minimum Gasteiger partial charge on any atom is -0.477 e. The monoisotopic (exact) mass is 390 g/mol. The van der Waals surface area contributed by atoms with E-state index in [4.69, 9.17) is 18.9 Å². The summed E-state index contributed by atoms with van der Waals surface area (Å²) in [5, 5.41) is 10.0. The second-order valence-electron chi connectivity index (χ2n) is 7.26. The Kier molecular flexibility index (Phi) is 6.71. The molecule has 1 aliphatic heterocycles. The van der Waals surface area contributed by atoms with Crippen LogP contribution in [0.3, 0.4) is 0 Å². The van der Waals surface area contributed by atoms with Crippen LogP contribution in [0.5, 0.6) is 11.8 Å². The van der Waals surface area contributed by atoms with Crippen LogP contribution in [0.4, 0.5) is 0 Å². The Bertz CT molecular complexity index is 785. The number of rotatable bonds is 10. The van der Waals surface area contributed by atoms with Gasteiger partial charge in [-0.15, -0.1) is 0 Å². The molecule has 1 fully saturated rings. The van der Waals surface area contributed by atoms with Gasteiger partial charge in [0.1, 0.15) is 24.4 Å². The third-order valence-corrected chi connectivity index (χ3v) is 4.07. The normalized spacial score (nSPS) is 16.3. The average Bonchev–Trinajstić information content (AvgIpc) is 2.63. The minimum absolute atomic E-state index is 0.0435. The zero-order valence-corrected chi connectivity index (χ0v) is 16.4. The van der Waals surface area contributed by atoms with Gasteiger partial charge in [-0.1, -0.05) is 6.92 Å². The first-order valence-corrected chi connectivity index (χ1v) is 9.15. The maximum atomic E-state index is 10.0. The molecule has 2 aromatic rings. The largest absolute Gasteiger partial charge is 0.477 e. The van der Waals surface area contributed by atoms with Crippen molar-refractivity contribution in [1.29, 1.82) is 0 Å². The van der Waals surface area contributed by atoms with Gasteiger partial charge in [0, 0.05) is 23.7 Å². The number of ether oxygens (including phenoxy) is 4. The Morgan fingerprint density at radius 1 is 1.11 bits per heavy atom. The lowest BCUT2D eigenvalue weighted by atomic mass is 9.90. The van der Waals surface area contributed by atoms with Gasteiger partial charge in [0.25, 0.3) is 0 Å². The molecule has 0 bridgehead atoms. The SMILES string of the molecule is Cc1nccc(OCC(O)COCc2cc(OCC3(C)COC3)nc(C)n2)n1. The summed E-state index contributed by atoms with van der Waals surface area (Å²) in [5.74, 6) is 2.15. The van der Waals surface area contributed by atoms with Crippen molar-refractivity contribution in [1.82, 2.24) is 19.9 Å². The van der Waals surface area contributed by atoms with E-state index in [9.17, 15) is 5.11 Å². The van der Waals surface area contributed by atoms with E-state index in [0.717, 1.165) is 0 Å². The van der Waals surface area contributed by atoms with Gasteiger partial charge in [0.15, 0.2) is 0 Å². The van der Waals surface area contributed by atoms with E-state index in [0.29, 0.717) is 48.9 Å². The van der Waals surface area contributed by atoms with E-state index in [1.54, 1.807) is 32.2 Å². The lowest BCUT2D eigenvalue weighted by Crippen LogP contribution is -2.44. The third-order valence-electron chi connectivity index (χ3n) is 4.07. The summed E-state index contributed by atoms with van der Waals surface area (Å²) in [5.41, 5.74) is 0.735. The molecular formula is C19H26N4O5. The highest BCUT2D eigenvalue weighted by Crippen LogP contribution is 2.27. The second kappa shape index (κ2) is 9.22. The Morgan fingerprint density at radius 2 is 1.89 bits per heavy atom. The molecule has 0 amide bonds. The van der Waals surface area contributed by atoms with E-state index in [1.165, 1.54) is 0 Å². The molecule has 9 heteroatoms. The van der Waals surface area contributed by atoms with Gasteiger partial charge in [-0.25, -0.2) is 9.97 Å². The average molecular weight is 390 g/mol. The van der Waals surface area contributed by atoms with Crippen molar-refractivity contribution in [2.75, 3.05) is 33.0 Å². The smallest absolute Gasteiger partial charge is 0.216 e. The van der Waals surface area contributed by atoms with Crippen LogP contribution in [0, 0.1) is 19.3 Å². The van der Waals surface area contributed by atoms with Gasteiger partial charge in [-0.3, -0.25) is 0 Å². The molecular weight excluding hydrogens is 364 g/mol. The highest BCUT2D eigenvalue weighted by Gasteiger charge is 2.34. The van der Waals surface area contributed by atoms with Crippen molar-refractivity contribution >= 4 is 0 Å². The molecule has 1 N–H and O–H groups in total. The van der Waals surface area contributed by atoms with Crippen molar-refractivity contribution in [2.24, 2.45) is 5.41 Å². The van der Waals surface area contributed by atoms with Crippen LogP contribution in [0.2, 0.25) is 0 Å². The first kappa shape index (κ1) is 20.4. The summed E-state index contributed by atoms with van der Waals surface area (Å²) in [6.45, 7) is 8.05. The molecule has 28 heavy (non-hydrogen) atoms. The van der Waals surface area contributed by atoms with Crippen LogP contribution in [-0.4, -0.2) is 64.2 Å². The fraction of sp³-hybridized carbons (Fsp3) is 0.579. The second-order valence-corrected chi connectivity index (χ2v) is 7.26. The van der Waals surface area contributed by atoms with Crippen molar-refractivity contribution in [2.45, 2.75) is 33.5 Å². The van der Waals surface area contributed by atoms with Gasteiger partial charge in [0.05, 0.1) is 38.7 Å². The van der Waals surface area contributed by atoms with E-state index < -0.39 is 6.10 Å². The summed E-state index contributed by atoms with van der Waals surface area (Å²) >= 11 is 0. The fourth-order valence-electron chi connectivity index (χ4n) is 2.57. The maximum Gasteiger partial charge on any atom is 0.216 e. The summed E-state index contributed by atoms with van der Waals surface area (Å²) in [4.78, 5) is 16.7. The van der Waals surface area contributed by atoms with Crippen LogP contribution < -0.4 is 9.47 Å². The number of nitrogens with zero attached hydrogens (tertiary/aromatic N) is 4. The predicted molar refractivity (Wildman–Crippen MR) is 99.1 cm³/mol. The van der Waals surface area contributed by atoms with E-state index in [-0.39, 0.29) is 25.2 Å². The highest BCUT2D eigenvalue weighted by atomic mass is 16.5. The molecule has 2 aromatic heterocycles. The summed E-state index contributed by atoms with van der Waals surface area (Å²) in [6.07, 6.45) is 0.822. The molecule has 0 radical (unpaired) electrons. The highest BCUT2D eigenvalue weighted by molar-refractivity contribution is 5.16. The number of aromatic nitrogens is 4. The van der Waals surface area contributed by atoms with Crippen LogP contribution in [0.15, 0.2) is 18.3 Å². The molecule has 1 aliphatic rings. The first-order valence-electron chi connectivity index (χ1n) is 9.15. The number of aliphatic hydroxyl groups excluding tert-OH is 1. The Labute approximate surface area is 164 Å². The molecule has 3 rings (SSSR count). The van der Waals surface area contributed by atoms with E-state index >= 15 is 0 Å². The van der Waals surface area contributed by atoms with Crippen LogP contribution in [-0.2, 0) is 16.1 Å². The van der Waals surface area contributed by atoms with Crippen molar-refractivity contribution in [3.05, 3.63) is 35.7 Å². The van der Waals surface area contributed by atoms with Gasteiger partial charge < -0.3 is 24.1 Å². The van der Waals surface area contributed by atoms with Gasteiger partial charge in [0.2, 0.25) is 11.8 Å².